The monoisotopic (exact) mass is 359 g/mol. The van der Waals surface area contributed by atoms with Gasteiger partial charge >= 0.3 is 0 Å². The van der Waals surface area contributed by atoms with Gasteiger partial charge in [-0.05, 0) is 35.9 Å². The largest absolute Gasteiger partial charge is 0.457 e. The minimum absolute atomic E-state index is 0.0781. The summed E-state index contributed by atoms with van der Waals surface area (Å²) < 4.78 is 5.73. The summed E-state index contributed by atoms with van der Waals surface area (Å²) >= 11 is 11.5. The molecule has 3 aromatic rings. The number of ether oxygens (including phenoxy) is 1. The molecule has 24 heavy (non-hydrogen) atoms. The molecule has 0 saturated heterocycles. The number of nitrogens with zero attached hydrogens (tertiary/aromatic N) is 2. The number of aromatic nitrogens is 2. The van der Waals surface area contributed by atoms with Gasteiger partial charge in [-0.3, -0.25) is 4.79 Å². The van der Waals surface area contributed by atoms with Gasteiger partial charge in [0.05, 0.1) is 0 Å². The van der Waals surface area contributed by atoms with E-state index < -0.39 is 5.91 Å². The second-order valence-electron chi connectivity index (χ2n) is 4.74. The first-order valence-electron chi connectivity index (χ1n) is 6.94. The minimum atomic E-state index is -0.446. The number of anilines is 1. The zero-order valence-electron chi connectivity index (χ0n) is 12.2. The molecule has 1 amide bonds. The molecule has 0 unspecified atom stereocenters. The van der Waals surface area contributed by atoms with E-state index in [1.165, 1.54) is 6.07 Å². The molecule has 0 atom stereocenters. The van der Waals surface area contributed by atoms with Crippen molar-refractivity contribution < 1.29 is 9.53 Å². The quantitative estimate of drug-likeness (QED) is 0.535. The first-order valence-corrected chi connectivity index (χ1v) is 7.70. The molecule has 2 aromatic carbocycles. The van der Waals surface area contributed by atoms with Crippen LogP contribution in [0, 0.1) is 0 Å². The molecule has 0 spiro atoms. The number of benzene rings is 2. The van der Waals surface area contributed by atoms with E-state index in [9.17, 15) is 4.79 Å². The van der Waals surface area contributed by atoms with Gasteiger partial charge in [-0.15, -0.1) is 0 Å². The lowest BCUT2D eigenvalue weighted by Gasteiger charge is -2.09. The number of carbonyl (C=O) groups excluding carboxylic acids is 1. The van der Waals surface area contributed by atoms with Crippen LogP contribution in [0.5, 0.6) is 11.5 Å². The van der Waals surface area contributed by atoms with Crippen molar-refractivity contribution in [3.8, 4) is 11.5 Å². The van der Waals surface area contributed by atoms with Crippen LogP contribution < -0.4 is 10.1 Å². The fourth-order valence-electron chi connectivity index (χ4n) is 1.96. The number of nitrogens with one attached hydrogen (secondary N) is 1. The average Bonchev–Trinajstić information content (AvgIpc) is 2.55. The van der Waals surface area contributed by atoms with E-state index in [1.807, 2.05) is 30.3 Å². The first-order chi connectivity index (χ1) is 11.6. The molecule has 120 valence electrons. The lowest BCUT2D eigenvalue weighted by molar-refractivity contribution is 0.102. The molecule has 0 saturated carbocycles. The highest BCUT2D eigenvalue weighted by molar-refractivity contribution is 6.32. The number of rotatable bonds is 4. The molecule has 1 heterocycles. The number of para-hydroxylation sites is 1. The predicted octanol–water partition coefficient (Wildman–Crippen LogP) is 4.83. The van der Waals surface area contributed by atoms with Gasteiger partial charge in [-0.25, -0.2) is 9.97 Å². The zero-order chi connectivity index (χ0) is 16.9. The van der Waals surface area contributed by atoms with E-state index in [2.05, 4.69) is 15.3 Å². The molecule has 5 nitrogen and oxygen atoms in total. The lowest BCUT2D eigenvalue weighted by atomic mass is 10.2. The lowest BCUT2D eigenvalue weighted by Crippen LogP contribution is -2.14. The third kappa shape index (κ3) is 4.22. The van der Waals surface area contributed by atoms with Crippen molar-refractivity contribution in [2.45, 2.75) is 0 Å². The van der Waals surface area contributed by atoms with Crippen molar-refractivity contribution in [2.24, 2.45) is 0 Å². The summed E-state index contributed by atoms with van der Waals surface area (Å²) in [7, 11) is 0. The van der Waals surface area contributed by atoms with Gasteiger partial charge in [0, 0.05) is 17.8 Å². The number of hydrogen-bond donors (Lipinski definition) is 1. The fraction of sp³-hybridized carbons (Fsp3) is 0. The molecule has 0 radical (unpaired) electrons. The molecule has 0 bridgehead atoms. The molecule has 3 rings (SSSR count). The summed E-state index contributed by atoms with van der Waals surface area (Å²) in [6.45, 7) is 0. The maximum atomic E-state index is 12.2. The summed E-state index contributed by atoms with van der Waals surface area (Å²) in [5.74, 6) is 0.853. The van der Waals surface area contributed by atoms with Crippen molar-refractivity contribution in [1.29, 1.82) is 0 Å². The summed E-state index contributed by atoms with van der Waals surface area (Å²) in [5, 5.41) is 2.72. The normalized spacial score (nSPS) is 10.2. The molecule has 0 aliphatic rings. The summed E-state index contributed by atoms with van der Waals surface area (Å²) in [5.41, 5.74) is 0.633. The zero-order valence-corrected chi connectivity index (χ0v) is 13.8. The van der Waals surface area contributed by atoms with Crippen molar-refractivity contribution in [3.63, 3.8) is 0 Å². The Bertz CT molecular complexity index is 852. The Hall–Kier alpha value is -2.63. The van der Waals surface area contributed by atoms with Crippen LogP contribution in [-0.2, 0) is 0 Å². The van der Waals surface area contributed by atoms with Gasteiger partial charge in [0.2, 0.25) is 5.28 Å². The number of hydrogen-bond acceptors (Lipinski definition) is 4. The highest BCUT2D eigenvalue weighted by atomic mass is 35.5. The Balaban J connectivity index is 1.75. The van der Waals surface area contributed by atoms with Gasteiger partial charge in [-0.1, -0.05) is 35.9 Å². The highest BCUT2D eigenvalue weighted by Crippen LogP contribution is 2.24. The van der Waals surface area contributed by atoms with Crippen LogP contribution in [0.1, 0.15) is 10.5 Å². The van der Waals surface area contributed by atoms with Gasteiger partial charge in [-0.2, -0.15) is 0 Å². The molecular formula is C17H11Cl2N3O2. The van der Waals surface area contributed by atoms with E-state index in [4.69, 9.17) is 27.9 Å². The maximum Gasteiger partial charge on any atom is 0.274 e. The molecule has 1 aromatic heterocycles. The van der Waals surface area contributed by atoms with Gasteiger partial charge < -0.3 is 10.1 Å². The second kappa shape index (κ2) is 7.29. The third-order valence-electron chi connectivity index (χ3n) is 2.97. The average molecular weight is 360 g/mol. The van der Waals surface area contributed by atoms with E-state index in [0.29, 0.717) is 17.2 Å². The Labute approximate surface area is 148 Å². The molecular weight excluding hydrogens is 349 g/mol. The van der Waals surface area contributed by atoms with Crippen molar-refractivity contribution in [3.05, 3.63) is 76.8 Å². The number of halogens is 2. The van der Waals surface area contributed by atoms with E-state index in [0.717, 1.165) is 0 Å². The van der Waals surface area contributed by atoms with E-state index in [-0.39, 0.29) is 16.1 Å². The molecule has 7 heteroatoms. The fourth-order valence-corrected chi connectivity index (χ4v) is 2.37. The Morgan fingerprint density at radius 3 is 2.42 bits per heavy atom. The van der Waals surface area contributed by atoms with Crippen molar-refractivity contribution in [2.75, 3.05) is 5.32 Å². The second-order valence-corrected chi connectivity index (χ2v) is 5.47. The molecule has 0 fully saturated rings. The van der Waals surface area contributed by atoms with Crippen LogP contribution in [0.25, 0.3) is 0 Å². The number of amides is 1. The summed E-state index contributed by atoms with van der Waals surface area (Å²) in [6.07, 6.45) is 0. The summed E-state index contributed by atoms with van der Waals surface area (Å²) in [6, 6.07) is 17.7. The summed E-state index contributed by atoms with van der Waals surface area (Å²) in [4.78, 5) is 19.8. The Morgan fingerprint density at radius 1 is 0.917 bits per heavy atom. The Kier molecular flexibility index (Phi) is 4.93. The van der Waals surface area contributed by atoms with E-state index in [1.54, 1.807) is 24.3 Å². The van der Waals surface area contributed by atoms with Crippen LogP contribution >= 0.6 is 23.2 Å². The minimum Gasteiger partial charge on any atom is -0.457 e. The SMILES string of the molecule is O=C(Nc1cccc(Oc2ccccc2)c1)c1cc(Cl)nc(Cl)n1. The smallest absolute Gasteiger partial charge is 0.274 e. The molecule has 1 N–H and O–H groups in total. The topological polar surface area (TPSA) is 64.1 Å². The third-order valence-corrected chi connectivity index (χ3v) is 3.33. The first kappa shape index (κ1) is 16.2. The van der Waals surface area contributed by atoms with E-state index >= 15 is 0 Å². The van der Waals surface area contributed by atoms with Gasteiger partial charge in [0.15, 0.2) is 0 Å². The maximum absolute atomic E-state index is 12.2. The number of carbonyl (C=O) groups is 1. The molecule has 0 aliphatic heterocycles. The van der Waals surface area contributed by atoms with Gasteiger partial charge in [0.1, 0.15) is 22.3 Å². The van der Waals surface area contributed by atoms with Crippen LogP contribution in [0.2, 0.25) is 10.4 Å². The van der Waals surface area contributed by atoms with Crippen LogP contribution in [0.15, 0.2) is 60.7 Å². The molecule has 0 aliphatic carbocycles. The van der Waals surface area contributed by atoms with Crippen LogP contribution in [0.3, 0.4) is 0 Å². The predicted molar refractivity (Wildman–Crippen MR) is 93.0 cm³/mol. The van der Waals surface area contributed by atoms with Crippen LogP contribution in [0.4, 0.5) is 5.69 Å². The van der Waals surface area contributed by atoms with Gasteiger partial charge in [0.25, 0.3) is 5.91 Å². The van der Waals surface area contributed by atoms with Crippen molar-refractivity contribution >= 4 is 34.8 Å². The highest BCUT2D eigenvalue weighted by Gasteiger charge is 2.11. The standard InChI is InChI=1S/C17H11Cl2N3O2/c18-15-10-14(21-17(19)22-15)16(23)20-11-5-4-8-13(9-11)24-12-6-2-1-3-7-12/h1-10H,(H,20,23). The van der Waals surface area contributed by atoms with Crippen molar-refractivity contribution in [1.82, 2.24) is 9.97 Å². The van der Waals surface area contributed by atoms with Crippen LogP contribution in [-0.4, -0.2) is 15.9 Å². The Morgan fingerprint density at radius 2 is 1.67 bits per heavy atom.